The van der Waals surface area contributed by atoms with Gasteiger partial charge in [-0.05, 0) is 31.4 Å². The highest BCUT2D eigenvalue weighted by atomic mass is 32.2. The van der Waals surface area contributed by atoms with Gasteiger partial charge >= 0.3 is 0 Å². The molecular weight excluding hydrogens is 222 g/mol. The van der Waals surface area contributed by atoms with Crippen molar-refractivity contribution in [1.82, 2.24) is 4.90 Å². The first-order valence-corrected chi connectivity index (χ1v) is 7.57. The van der Waals surface area contributed by atoms with Crippen LogP contribution in [0.25, 0.3) is 0 Å². The summed E-state index contributed by atoms with van der Waals surface area (Å²) in [5.74, 6) is 2.44. The zero-order valence-corrected chi connectivity index (χ0v) is 10.5. The molecular formula is C12H21NO2S. The predicted molar refractivity (Wildman–Crippen MR) is 65.8 cm³/mol. The molecule has 0 aliphatic carbocycles. The Bertz CT molecular complexity index is 255. The van der Waals surface area contributed by atoms with E-state index in [9.17, 15) is 5.11 Å². The summed E-state index contributed by atoms with van der Waals surface area (Å²) >= 11 is 2.03. The largest absolute Gasteiger partial charge is 0.392 e. The molecule has 3 nitrogen and oxygen atoms in total. The zero-order valence-electron chi connectivity index (χ0n) is 9.73. The molecule has 1 spiro atoms. The summed E-state index contributed by atoms with van der Waals surface area (Å²) in [5, 5.41) is 9.61. The molecule has 0 aromatic carbocycles. The summed E-state index contributed by atoms with van der Waals surface area (Å²) in [7, 11) is 0. The molecule has 0 aromatic rings. The Hall–Kier alpha value is 0.230. The fourth-order valence-electron chi connectivity index (χ4n) is 3.28. The lowest BCUT2D eigenvalue weighted by Gasteiger charge is -2.41. The average Bonchev–Trinajstić information content (AvgIpc) is 2.89. The van der Waals surface area contributed by atoms with E-state index >= 15 is 0 Å². The standard InChI is InChI=1S/C12H21NO2S/c14-11-1-4-13(8-11)10-2-5-15-12(7-10)3-6-16-9-12/h10-11,14H,1-9H2/t10?,11-,12?/m0/s1. The quantitative estimate of drug-likeness (QED) is 0.748. The number of hydrogen-bond donors (Lipinski definition) is 1. The molecule has 4 heteroatoms. The summed E-state index contributed by atoms with van der Waals surface area (Å²) in [6.45, 7) is 2.88. The maximum atomic E-state index is 9.61. The topological polar surface area (TPSA) is 32.7 Å². The van der Waals surface area contributed by atoms with Gasteiger partial charge in [0.1, 0.15) is 0 Å². The molecule has 0 amide bonds. The molecule has 3 aliphatic heterocycles. The van der Waals surface area contributed by atoms with Gasteiger partial charge < -0.3 is 9.84 Å². The van der Waals surface area contributed by atoms with E-state index in [1.165, 1.54) is 24.3 Å². The van der Waals surface area contributed by atoms with Crippen LogP contribution in [0.5, 0.6) is 0 Å². The van der Waals surface area contributed by atoms with Crippen molar-refractivity contribution < 1.29 is 9.84 Å². The van der Waals surface area contributed by atoms with E-state index in [4.69, 9.17) is 4.74 Å². The second kappa shape index (κ2) is 4.48. The van der Waals surface area contributed by atoms with Crippen molar-refractivity contribution >= 4 is 11.8 Å². The van der Waals surface area contributed by atoms with E-state index in [0.717, 1.165) is 32.5 Å². The maximum Gasteiger partial charge on any atom is 0.0795 e. The zero-order chi connectivity index (χ0) is 11.0. The van der Waals surface area contributed by atoms with Crippen LogP contribution in [-0.2, 0) is 4.74 Å². The van der Waals surface area contributed by atoms with Gasteiger partial charge in [-0.15, -0.1) is 0 Å². The van der Waals surface area contributed by atoms with Gasteiger partial charge in [-0.3, -0.25) is 4.90 Å². The van der Waals surface area contributed by atoms with Crippen molar-refractivity contribution in [1.29, 1.82) is 0 Å². The number of thioether (sulfide) groups is 1. The second-order valence-electron chi connectivity index (χ2n) is 5.42. The molecule has 1 N–H and O–H groups in total. The van der Waals surface area contributed by atoms with Crippen LogP contribution >= 0.6 is 11.8 Å². The van der Waals surface area contributed by atoms with Gasteiger partial charge in [0.25, 0.3) is 0 Å². The smallest absolute Gasteiger partial charge is 0.0795 e. The molecule has 3 fully saturated rings. The average molecular weight is 243 g/mol. The van der Waals surface area contributed by atoms with Gasteiger partial charge in [0.05, 0.1) is 11.7 Å². The van der Waals surface area contributed by atoms with E-state index < -0.39 is 0 Å². The third-order valence-corrected chi connectivity index (χ3v) is 5.47. The lowest BCUT2D eigenvalue weighted by molar-refractivity contribution is -0.0877. The third-order valence-electron chi connectivity index (χ3n) is 4.25. The molecule has 3 aliphatic rings. The Morgan fingerprint density at radius 3 is 3.00 bits per heavy atom. The van der Waals surface area contributed by atoms with Crippen molar-refractivity contribution in [3.63, 3.8) is 0 Å². The lowest BCUT2D eigenvalue weighted by atomic mass is 9.89. The fraction of sp³-hybridized carbons (Fsp3) is 1.00. The first-order chi connectivity index (χ1) is 7.77. The van der Waals surface area contributed by atoms with Gasteiger partial charge in [-0.2, -0.15) is 11.8 Å². The van der Waals surface area contributed by atoms with Crippen LogP contribution in [0, 0.1) is 0 Å². The minimum absolute atomic E-state index is 0.0863. The molecule has 0 radical (unpaired) electrons. The van der Waals surface area contributed by atoms with E-state index in [0.29, 0.717) is 6.04 Å². The van der Waals surface area contributed by atoms with Gasteiger partial charge in [-0.1, -0.05) is 0 Å². The molecule has 0 bridgehead atoms. The minimum Gasteiger partial charge on any atom is -0.392 e. The van der Waals surface area contributed by atoms with Crippen molar-refractivity contribution in [3.8, 4) is 0 Å². The Morgan fingerprint density at radius 2 is 2.31 bits per heavy atom. The number of aliphatic hydroxyl groups is 1. The van der Waals surface area contributed by atoms with E-state index in [-0.39, 0.29) is 11.7 Å². The highest BCUT2D eigenvalue weighted by molar-refractivity contribution is 7.99. The first-order valence-electron chi connectivity index (χ1n) is 6.41. The van der Waals surface area contributed by atoms with Crippen molar-refractivity contribution in [2.24, 2.45) is 0 Å². The van der Waals surface area contributed by atoms with Crippen LogP contribution in [-0.4, -0.2) is 59.0 Å². The Morgan fingerprint density at radius 1 is 1.38 bits per heavy atom. The van der Waals surface area contributed by atoms with Crippen LogP contribution in [0.15, 0.2) is 0 Å². The van der Waals surface area contributed by atoms with Gasteiger partial charge in [0.15, 0.2) is 0 Å². The molecule has 3 heterocycles. The molecule has 3 rings (SSSR count). The molecule has 16 heavy (non-hydrogen) atoms. The van der Waals surface area contributed by atoms with Crippen LogP contribution in [0.4, 0.5) is 0 Å². The summed E-state index contributed by atoms with van der Waals surface area (Å²) in [5.41, 5.74) is 0.182. The van der Waals surface area contributed by atoms with E-state index in [1.807, 2.05) is 11.8 Å². The van der Waals surface area contributed by atoms with Crippen molar-refractivity contribution in [3.05, 3.63) is 0 Å². The van der Waals surface area contributed by atoms with Crippen LogP contribution in [0.2, 0.25) is 0 Å². The predicted octanol–water partition coefficient (Wildman–Crippen LogP) is 1.11. The number of likely N-dealkylation sites (tertiary alicyclic amines) is 1. The third kappa shape index (κ3) is 2.13. The van der Waals surface area contributed by atoms with Crippen molar-refractivity contribution in [2.75, 3.05) is 31.2 Å². The first kappa shape index (κ1) is 11.3. The lowest BCUT2D eigenvalue weighted by Crippen LogP contribution is -2.48. The van der Waals surface area contributed by atoms with Gasteiger partial charge in [-0.25, -0.2) is 0 Å². The van der Waals surface area contributed by atoms with E-state index in [2.05, 4.69) is 4.90 Å². The Balaban J connectivity index is 1.63. The molecule has 3 saturated heterocycles. The number of rotatable bonds is 1. The van der Waals surface area contributed by atoms with Crippen LogP contribution in [0.1, 0.15) is 25.7 Å². The van der Waals surface area contributed by atoms with E-state index in [1.54, 1.807) is 0 Å². The number of ether oxygens (including phenoxy) is 1. The number of β-amino-alcohol motifs (C(OH)–C–C–N with tert-alkyl or cyclic N) is 1. The second-order valence-corrected chi connectivity index (χ2v) is 6.52. The number of aliphatic hydroxyl groups excluding tert-OH is 1. The van der Waals surface area contributed by atoms with Crippen molar-refractivity contribution in [2.45, 2.75) is 43.4 Å². The maximum absolute atomic E-state index is 9.61. The molecule has 92 valence electrons. The number of hydrogen-bond acceptors (Lipinski definition) is 4. The SMILES string of the molecule is O[C@H]1CCN(C2CCOC3(CCSC3)C2)C1. The number of nitrogens with zero attached hydrogens (tertiary/aromatic N) is 1. The molecule has 0 saturated carbocycles. The Labute approximate surface area is 102 Å². The summed E-state index contributed by atoms with van der Waals surface area (Å²) in [4.78, 5) is 2.48. The summed E-state index contributed by atoms with van der Waals surface area (Å²) < 4.78 is 6.03. The highest BCUT2D eigenvalue weighted by Crippen LogP contribution is 2.40. The fourth-order valence-corrected chi connectivity index (χ4v) is 4.65. The normalized spacial score (nSPS) is 45.6. The minimum atomic E-state index is -0.0863. The highest BCUT2D eigenvalue weighted by Gasteiger charge is 2.42. The van der Waals surface area contributed by atoms with Crippen LogP contribution in [0.3, 0.4) is 0 Å². The molecule has 2 unspecified atom stereocenters. The van der Waals surface area contributed by atoms with Gasteiger partial charge in [0.2, 0.25) is 0 Å². The van der Waals surface area contributed by atoms with Gasteiger partial charge in [0, 0.05) is 31.5 Å². The molecule has 3 atom stereocenters. The van der Waals surface area contributed by atoms with Crippen LogP contribution < -0.4 is 0 Å². The molecule has 0 aromatic heterocycles. The summed E-state index contributed by atoms with van der Waals surface area (Å²) in [6.07, 6.45) is 4.44. The monoisotopic (exact) mass is 243 g/mol. The Kier molecular flexibility index (Phi) is 3.17. The summed E-state index contributed by atoms with van der Waals surface area (Å²) in [6, 6.07) is 0.657.